The Morgan fingerprint density at radius 2 is 2.17 bits per heavy atom. The minimum absolute atomic E-state index is 0.0741. The molecular formula is C12H18N2O4. The van der Waals surface area contributed by atoms with Crippen LogP contribution in [-0.2, 0) is 11.3 Å². The zero-order valence-electron chi connectivity index (χ0n) is 10.5. The fourth-order valence-corrected chi connectivity index (χ4v) is 1.51. The summed E-state index contributed by atoms with van der Waals surface area (Å²) in [6.45, 7) is 3.83. The lowest BCUT2D eigenvalue weighted by Crippen LogP contribution is -2.44. The molecule has 0 fully saturated rings. The first-order valence-corrected chi connectivity index (χ1v) is 5.82. The molecule has 0 saturated carbocycles. The van der Waals surface area contributed by atoms with Gasteiger partial charge in [-0.3, -0.25) is 4.79 Å². The van der Waals surface area contributed by atoms with Gasteiger partial charge in [-0.25, -0.2) is 4.79 Å². The molecule has 2 atom stereocenters. The van der Waals surface area contributed by atoms with E-state index in [9.17, 15) is 9.59 Å². The first-order valence-electron chi connectivity index (χ1n) is 5.82. The number of carboxylic acids is 1. The summed E-state index contributed by atoms with van der Waals surface area (Å²) in [4.78, 5) is 22.9. The maximum atomic E-state index is 11.8. The van der Waals surface area contributed by atoms with Gasteiger partial charge in [-0.05, 0) is 18.1 Å². The van der Waals surface area contributed by atoms with E-state index in [1.165, 1.54) is 6.07 Å². The molecule has 1 rings (SSSR count). The predicted octanol–water partition coefficient (Wildman–Crippen LogP) is 0.967. The molecular weight excluding hydrogens is 236 g/mol. The van der Waals surface area contributed by atoms with E-state index < -0.39 is 17.9 Å². The minimum Gasteiger partial charge on any atom is -0.480 e. The van der Waals surface area contributed by atoms with Crippen LogP contribution in [0.3, 0.4) is 0 Å². The summed E-state index contributed by atoms with van der Waals surface area (Å²) in [5.41, 5.74) is 5.36. The Balaban J connectivity index is 2.75. The number of carbonyl (C=O) groups excluding carboxylic acids is 1. The van der Waals surface area contributed by atoms with Gasteiger partial charge in [-0.2, -0.15) is 0 Å². The molecule has 1 aromatic heterocycles. The number of furan rings is 1. The van der Waals surface area contributed by atoms with Crippen molar-refractivity contribution in [3.8, 4) is 0 Å². The highest BCUT2D eigenvalue weighted by Gasteiger charge is 2.26. The van der Waals surface area contributed by atoms with Gasteiger partial charge in [-0.15, -0.1) is 0 Å². The molecule has 18 heavy (non-hydrogen) atoms. The number of carboxylic acid groups (broad SMARTS) is 1. The summed E-state index contributed by atoms with van der Waals surface area (Å²) in [5, 5.41) is 11.5. The van der Waals surface area contributed by atoms with E-state index in [4.69, 9.17) is 15.3 Å². The van der Waals surface area contributed by atoms with Gasteiger partial charge in [-0.1, -0.05) is 20.3 Å². The minimum atomic E-state index is -1.05. The number of nitrogens with two attached hydrogens (primary N) is 1. The number of amides is 1. The second kappa shape index (κ2) is 6.20. The highest BCUT2D eigenvalue weighted by atomic mass is 16.4. The number of hydrogen-bond acceptors (Lipinski definition) is 4. The average Bonchev–Trinajstić information content (AvgIpc) is 2.83. The predicted molar refractivity (Wildman–Crippen MR) is 64.9 cm³/mol. The van der Waals surface area contributed by atoms with Crippen LogP contribution in [0, 0.1) is 5.92 Å². The van der Waals surface area contributed by atoms with Crippen LogP contribution in [0.25, 0.3) is 0 Å². The maximum Gasteiger partial charge on any atom is 0.326 e. The van der Waals surface area contributed by atoms with Gasteiger partial charge in [0.15, 0.2) is 5.76 Å². The van der Waals surface area contributed by atoms with Crippen molar-refractivity contribution < 1.29 is 19.1 Å². The van der Waals surface area contributed by atoms with Gasteiger partial charge >= 0.3 is 5.97 Å². The van der Waals surface area contributed by atoms with Crippen LogP contribution in [0.4, 0.5) is 0 Å². The van der Waals surface area contributed by atoms with Crippen molar-refractivity contribution in [3.05, 3.63) is 23.7 Å². The average molecular weight is 254 g/mol. The van der Waals surface area contributed by atoms with E-state index >= 15 is 0 Å². The normalized spacial score (nSPS) is 13.9. The van der Waals surface area contributed by atoms with Crippen molar-refractivity contribution in [2.75, 3.05) is 0 Å². The standard InChI is InChI=1S/C12H18N2O4/c1-3-7(2)10(12(16)17)14-11(15)9-5-4-8(6-13)18-9/h4-5,7,10H,3,6,13H2,1-2H3,(H,14,15)(H,16,17)/t7?,10-/m0/s1. The number of nitrogens with one attached hydrogen (secondary N) is 1. The maximum absolute atomic E-state index is 11.8. The molecule has 0 saturated heterocycles. The molecule has 6 nitrogen and oxygen atoms in total. The van der Waals surface area contributed by atoms with Gasteiger partial charge in [0.05, 0.1) is 6.54 Å². The Labute approximate surface area is 105 Å². The zero-order chi connectivity index (χ0) is 13.7. The van der Waals surface area contributed by atoms with E-state index in [0.29, 0.717) is 12.2 Å². The van der Waals surface area contributed by atoms with E-state index in [1.54, 1.807) is 13.0 Å². The molecule has 4 N–H and O–H groups in total. The Bertz CT molecular complexity index is 427. The molecule has 6 heteroatoms. The molecule has 100 valence electrons. The smallest absolute Gasteiger partial charge is 0.326 e. The second-order valence-electron chi connectivity index (χ2n) is 4.14. The molecule has 0 radical (unpaired) electrons. The Morgan fingerprint density at radius 1 is 1.50 bits per heavy atom. The van der Waals surface area contributed by atoms with Crippen LogP contribution >= 0.6 is 0 Å². The van der Waals surface area contributed by atoms with Gasteiger partial charge in [0.1, 0.15) is 11.8 Å². The molecule has 0 spiro atoms. The van der Waals surface area contributed by atoms with Crippen molar-refractivity contribution in [2.24, 2.45) is 11.7 Å². The molecule has 1 unspecified atom stereocenters. The largest absolute Gasteiger partial charge is 0.480 e. The fraction of sp³-hybridized carbons (Fsp3) is 0.500. The van der Waals surface area contributed by atoms with E-state index in [1.807, 2.05) is 6.92 Å². The molecule has 0 aliphatic rings. The van der Waals surface area contributed by atoms with E-state index in [2.05, 4.69) is 5.32 Å². The van der Waals surface area contributed by atoms with Crippen LogP contribution in [0.2, 0.25) is 0 Å². The van der Waals surface area contributed by atoms with Crippen LogP contribution in [-0.4, -0.2) is 23.0 Å². The van der Waals surface area contributed by atoms with Crippen LogP contribution in [0.15, 0.2) is 16.5 Å². The molecule has 1 heterocycles. The number of carbonyl (C=O) groups is 2. The lowest BCUT2D eigenvalue weighted by molar-refractivity contribution is -0.140. The lowest BCUT2D eigenvalue weighted by Gasteiger charge is -2.19. The van der Waals surface area contributed by atoms with Crippen LogP contribution in [0.5, 0.6) is 0 Å². The summed E-state index contributed by atoms with van der Waals surface area (Å²) in [6, 6.07) is 2.15. The molecule has 1 amide bonds. The van der Waals surface area contributed by atoms with Crippen LogP contribution < -0.4 is 11.1 Å². The number of aliphatic carboxylic acids is 1. The van der Waals surface area contributed by atoms with Crippen molar-refractivity contribution in [1.29, 1.82) is 0 Å². The van der Waals surface area contributed by atoms with E-state index in [-0.39, 0.29) is 18.2 Å². The number of hydrogen-bond donors (Lipinski definition) is 3. The van der Waals surface area contributed by atoms with E-state index in [0.717, 1.165) is 0 Å². The third-order valence-corrected chi connectivity index (χ3v) is 2.85. The van der Waals surface area contributed by atoms with Gasteiger partial charge < -0.3 is 20.6 Å². The van der Waals surface area contributed by atoms with Crippen molar-refractivity contribution in [1.82, 2.24) is 5.32 Å². The van der Waals surface area contributed by atoms with Gasteiger partial charge in [0, 0.05) is 0 Å². The quantitative estimate of drug-likeness (QED) is 0.701. The van der Waals surface area contributed by atoms with Gasteiger partial charge in [0.2, 0.25) is 0 Å². The molecule has 0 aliphatic heterocycles. The summed E-state index contributed by atoms with van der Waals surface area (Å²) in [6.07, 6.45) is 0.656. The molecule has 0 aromatic carbocycles. The summed E-state index contributed by atoms with van der Waals surface area (Å²) in [5.74, 6) is -1.19. The zero-order valence-corrected chi connectivity index (χ0v) is 10.5. The third kappa shape index (κ3) is 3.33. The third-order valence-electron chi connectivity index (χ3n) is 2.85. The van der Waals surface area contributed by atoms with Crippen LogP contribution in [0.1, 0.15) is 36.6 Å². The SMILES string of the molecule is CCC(C)[C@H](NC(=O)c1ccc(CN)o1)C(=O)O. The highest BCUT2D eigenvalue weighted by molar-refractivity contribution is 5.94. The molecule has 0 bridgehead atoms. The first-order chi connectivity index (χ1) is 8.49. The van der Waals surface area contributed by atoms with Crippen molar-refractivity contribution >= 4 is 11.9 Å². The first kappa shape index (κ1) is 14.2. The van der Waals surface area contributed by atoms with Crippen molar-refractivity contribution in [2.45, 2.75) is 32.9 Å². The Kier molecular flexibility index (Phi) is 4.91. The highest BCUT2D eigenvalue weighted by Crippen LogP contribution is 2.11. The molecule has 1 aromatic rings. The Hall–Kier alpha value is -1.82. The fourth-order valence-electron chi connectivity index (χ4n) is 1.51. The summed E-state index contributed by atoms with van der Waals surface area (Å²) >= 11 is 0. The molecule has 0 aliphatic carbocycles. The second-order valence-corrected chi connectivity index (χ2v) is 4.14. The monoisotopic (exact) mass is 254 g/mol. The number of rotatable bonds is 6. The Morgan fingerprint density at radius 3 is 2.61 bits per heavy atom. The lowest BCUT2D eigenvalue weighted by atomic mass is 9.99. The summed E-state index contributed by atoms with van der Waals surface area (Å²) < 4.78 is 5.16. The topological polar surface area (TPSA) is 106 Å². The van der Waals surface area contributed by atoms with Gasteiger partial charge in [0.25, 0.3) is 5.91 Å². The van der Waals surface area contributed by atoms with Crippen molar-refractivity contribution in [3.63, 3.8) is 0 Å². The summed E-state index contributed by atoms with van der Waals surface area (Å²) in [7, 11) is 0.